The Morgan fingerprint density at radius 1 is 1.19 bits per heavy atom. The van der Waals surface area contributed by atoms with E-state index in [1.54, 1.807) is 0 Å². The molecule has 16 heavy (non-hydrogen) atoms. The molecule has 1 aliphatic rings. The van der Waals surface area contributed by atoms with E-state index in [0.717, 1.165) is 11.8 Å². The lowest BCUT2D eigenvalue weighted by molar-refractivity contribution is 0.236. The minimum absolute atomic E-state index is 0.264. The quantitative estimate of drug-likeness (QED) is 0.562. The van der Waals surface area contributed by atoms with Gasteiger partial charge in [-0.1, -0.05) is 53.4 Å². The van der Waals surface area contributed by atoms with Crippen LogP contribution in [0.25, 0.3) is 0 Å². The van der Waals surface area contributed by atoms with E-state index in [4.69, 9.17) is 11.6 Å². The first kappa shape index (κ1) is 14.4. The number of hydrogen-bond donors (Lipinski definition) is 0. The highest BCUT2D eigenvalue weighted by Gasteiger charge is 2.25. The van der Waals surface area contributed by atoms with Crippen molar-refractivity contribution in [2.75, 3.05) is 0 Å². The van der Waals surface area contributed by atoms with E-state index in [9.17, 15) is 0 Å². The molecule has 3 atom stereocenters. The van der Waals surface area contributed by atoms with Gasteiger partial charge in [0.15, 0.2) is 0 Å². The molecule has 0 N–H and O–H groups in total. The highest BCUT2D eigenvalue weighted by molar-refractivity contribution is 6.21. The summed E-state index contributed by atoms with van der Waals surface area (Å²) in [6.45, 7) is 9.09. The SMILES string of the molecule is CCC1CCCC(CCC(Cl)C(C)(C)C)C1. The van der Waals surface area contributed by atoms with Crippen molar-refractivity contribution in [2.24, 2.45) is 17.3 Å². The van der Waals surface area contributed by atoms with Crippen molar-refractivity contribution in [1.29, 1.82) is 0 Å². The predicted octanol–water partition coefficient (Wildman–Crippen LogP) is 5.64. The van der Waals surface area contributed by atoms with E-state index in [1.165, 1.54) is 44.9 Å². The van der Waals surface area contributed by atoms with Gasteiger partial charge >= 0.3 is 0 Å². The second kappa shape index (κ2) is 6.28. The van der Waals surface area contributed by atoms with Crippen LogP contribution in [0.3, 0.4) is 0 Å². The third-order valence-electron chi connectivity index (χ3n) is 4.24. The van der Waals surface area contributed by atoms with E-state index in [1.807, 2.05) is 0 Å². The van der Waals surface area contributed by atoms with E-state index in [0.29, 0.717) is 5.38 Å². The van der Waals surface area contributed by atoms with Crippen LogP contribution in [0.15, 0.2) is 0 Å². The fourth-order valence-corrected chi connectivity index (χ4v) is 2.98. The smallest absolute Gasteiger partial charge is 0.0384 e. The molecule has 0 radical (unpaired) electrons. The fraction of sp³-hybridized carbons (Fsp3) is 1.00. The van der Waals surface area contributed by atoms with Crippen molar-refractivity contribution in [1.82, 2.24) is 0 Å². The van der Waals surface area contributed by atoms with Crippen molar-refractivity contribution in [3.05, 3.63) is 0 Å². The molecule has 0 bridgehead atoms. The second-order valence-corrected chi connectivity index (χ2v) is 7.24. The Morgan fingerprint density at radius 2 is 1.81 bits per heavy atom. The lowest BCUT2D eigenvalue weighted by atomic mass is 9.77. The Balaban J connectivity index is 2.27. The molecular weight excluding hydrogens is 216 g/mol. The molecule has 0 spiro atoms. The lowest BCUT2D eigenvalue weighted by Gasteiger charge is -2.31. The lowest BCUT2D eigenvalue weighted by Crippen LogP contribution is -2.23. The van der Waals surface area contributed by atoms with Crippen molar-refractivity contribution in [3.8, 4) is 0 Å². The van der Waals surface area contributed by atoms with Gasteiger partial charge in [-0.3, -0.25) is 0 Å². The summed E-state index contributed by atoms with van der Waals surface area (Å²) in [5, 5.41) is 0.342. The Bertz CT molecular complexity index is 192. The zero-order valence-electron chi connectivity index (χ0n) is 11.6. The maximum Gasteiger partial charge on any atom is 0.0384 e. The van der Waals surface area contributed by atoms with Crippen LogP contribution in [0.2, 0.25) is 0 Å². The molecule has 0 aromatic rings. The summed E-state index contributed by atoms with van der Waals surface area (Å²) in [7, 11) is 0. The van der Waals surface area contributed by atoms with Gasteiger partial charge in [0.2, 0.25) is 0 Å². The Hall–Kier alpha value is 0.290. The first-order valence-corrected chi connectivity index (χ1v) is 7.51. The van der Waals surface area contributed by atoms with Gasteiger partial charge in [-0.25, -0.2) is 0 Å². The van der Waals surface area contributed by atoms with E-state index in [2.05, 4.69) is 27.7 Å². The zero-order chi connectivity index (χ0) is 12.2. The molecule has 0 nitrogen and oxygen atoms in total. The van der Waals surface area contributed by atoms with Crippen LogP contribution in [-0.4, -0.2) is 5.38 Å². The van der Waals surface area contributed by atoms with Crippen LogP contribution >= 0.6 is 11.6 Å². The molecule has 0 aliphatic heterocycles. The average Bonchev–Trinajstić information content (AvgIpc) is 2.25. The van der Waals surface area contributed by atoms with Crippen LogP contribution in [0.4, 0.5) is 0 Å². The predicted molar refractivity (Wildman–Crippen MR) is 74.1 cm³/mol. The summed E-state index contributed by atoms with van der Waals surface area (Å²) >= 11 is 6.45. The molecule has 96 valence electrons. The number of hydrogen-bond acceptors (Lipinski definition) is 0. The summed E-state index contributed by atoms with van der Waals surface area (Å²) in [6, 6.07) is 0. The maximum absolute atomic E-state index is 6.45. The van der Waals surface area contributed by atoms with E-state index in [-0.39, 0.29) is 5.41 Å². The largest absolute Gasteiger partial charge is 0.122 e. The minimum atomic E-state index is 0.264. The summed E-state index contributed by atoms with van der Waals surface area (Å²) in [6.07, 6.45) is 9.75. The highest BCUT2D eigenvalue weighted by Crippen LogP contribution is 2.36. The third kappa shape index (κ3) is 4.65. The minimum Gasteiger partial charge on any atom is -0.122 e. The van der Waals surface area contributed by atoms with Crippen LogP contribution in [-0.2, 0) is 0 Å². The van der Waals surface area contributed by atoms with E-state index >= 15 is 0 Å². The Morgan fingerprint density at radius 3 is 2.38 bits per heavy atom. The van der Waals surface area contributed by atoms with Gasteiger partial charge in [-0.15, -0.1) is 11.6 Å². The monoisotopic (exact) mass is 244 g/mol. The molecule has 0 amide bonds. The Kier molecular flexibility index (Phi) is 5.64. The molecule has 3 unspecified atom stereocenters. The number of halogens is 1. The first-order valence-electron chi connectivity index (χ1n) is 7.07. The van der Waals surface area contributed by atoms with Gasteiger partial charge in [0, 0.05) is 5.38 Å². The summed E-state index contributed by atoms with van der Waals surface area (Å²) in [5.41, 5.74) is 0.264. The molecule has 0 heterocycles. The summed E-state index contributed by atoms with van der Waals surface area (Å²) < 4.78 is 0. The van der Waals surface area contributed by atoms with Gasteiger partial charge in [0.1, 0.15) is 0 Å². The van der Waals surface area contributed by atoms with Crippen LogP contribution < -0.4 is 0 Å². The van der Waals surface area contributed by atoms with Gasteiger partial charge < -0.3 is 0 Å². The first-order chi connectivity index (χ1) is 7.43. The fourth-order valence-electron chi connectivity index (χ4n) is 2.85. The molecule has 1 fully saturated rings. The van der Waals surface area contributed by atoms with Crippen LogP contribution in [0.1, 0.15) is 72.6 Å². The van der Waals surface area contributed by atoms with Crippen molar-refractivity contribution >= 4 is 11.6 Å². The molecule has 0 aromatic carbocycles. The molecule has 1 rings (SSSR count). The van der Waals surface area contributed by atoms with E-state index < -0.39 is 0 Å². The van der Waals surface area contributed by atoms with Crippen molar-refractivity contribution in [2.45, 2.75) is 78.0 Å². The van der Waals surface area contributed by atoms with Gasteiger partial charge in [-0.05, 0) is 36.5 Å². The van der Waals surface area contributed by atoms with Gasteiger partial charge in [0.05, 0.1) is 0 Å². The summed E-state index contributed by atoms with van der Waals surface area (Å²) in [4.78, 5) is 0. The van der Waals surface area contributed by atoms with Gasteiger partial charge in [-0.2, -0.15) is 0 Å². The molecule has 1 aliphatic carbocycles. The second-order valence-electron chi connectivity index (χ2n) is 6.72. The topological polar surface area (TPSA) is 0 Å². The molecule has 0 saturated heterocycles. The van der Waals surface area contributed by atoms with Crippen LogP contribution in [0.5, 0.6) is 0 Å². The molecule has 1 heteroatoms. The average molecular weight is 245 g/mol. The van der Waals surface area contributed by atoms with Crippen LogP contribution in [0, 0.1) is 17.3 Å². The molecular formula is C15H29Cl. The molecule has 0 aromatic heterocycles. The summed E-state index contributed by atoms with van der Waals surface area (Å²) in [5.74, 6) is 1.96. The highest BCUT2D eigenvalue weighted by atomic mass is 35.5. The maximum atomic E-state index is 6.45. The zero-order valence-corrected chi connectivity index (χ0v) is 12.3. The standard InChI is InChI=1S/C15H29Cl/c1-5-12-7-6-8-13(11-12)9-10-14(16)15(2,3)4/h12-14H,5-11H2,1-4H3. The third-order valence-corrected chi connectivity index (χ3v) is 5.11. The normalized spacial score (nSPS) is 29.1. The molecule has 1 saturated carbocycles. The van der Waals surface area contributed by atoms with Gasteiger partial charge in [0.25, 0.3) is 0 Å². The number of rotatable bonds is 4. The number of alkyl halides is 1. The van der Waals surface area contributed by atoms with Crippen molar-refractivity contribution in [3.63, 3.8) is 0 Å². The van der Waals surface area contributed by atoms with Crippen molar-refractivity contribution < 1.29 is 0 Å². The Labute approximate surface area is 107 Å².